The number of nitrogens with two attached hydrogens (primary N) is 1. The minimum Gasteiger partial charge on any atom is -0.382 e. The Labute approximate surface area is 115 Å². The van der Waals surface area contributed by atoms with Gasteiger partial charge in [0.1, 0.15) is 9.90 Å². The van der Waals surface area contributed by atoms with Crippen LogP contribution in [-0.2, 0) is 14.6 Å². The van der Waals surface area contributed by atoms with Gasteiger partial charge in [0.05, 0.1) is 6.54 Å². The number of hydrogen-bond acceptors (Lipinski definition) is 7. The molecule has 9 heteroatoms. The van der Waals surface area contributed by atoms with Crippen molar-refractivity contribution < 1.29 is 13.2 Å². The normalized spacial score (nSPS) is 15.7. The van der Waals surface area contributed by atoms with Crippen LogP contribution in [0.2, 0.25) is 0 Å². The fourth-order valence-electron chi connectivity index (χ4n) is 2.00. The highest BCUT2D eigenvalue weighted by molar-refractivity contribution is 7.91. The Kier molecular flexibility index (Phi) is 3.95. The summed E-state index contributed by atoms with van der Waals surface area (Å²) in [5, 5.41) is 3.15. The Morgan fingerprint density at radius 2 is 2.11 bits per heavy atom. The zero-order chi connectivity index (χ0) is 14.0. The van der Waals surface area contributed by atoms with Crippen LogP contribution in [0, 0.1) is 0 Å². The van der Waals surface area contributed by atoms with Crippen LogP contribution >= 0.6 is 11.5 Å². The van der Waals surface area contributed by atoms with Gasteiger partial charge < -0.3 is 16.0 Å². The van der Waals surface area contributed by atoms with E-state index in [4.69, 9.17) is 5.73 Å². The van der Waals surface area contributed by atoms with Crippen molar-refractivity contribution in [2.24, 2.45) is 0 Å². The first-order valence-electron chi connectivity index (χ1n) is 5.86. The lowest BCUT2D eigenvalue weighted by atomic mass is 10.4. The van der Waals surface area contributed by atoms with Gasteiger partial charge in [-0.15, -0.1) is 0 Å². The molecule has 0 atom stereocenters. The SMILES string of the molecule is CS(=O)(=O)c1c(N)nsc1NCC(=O)N1CCCC1. The molecule has 0 aliphatic carbocycles. The minimum absolute atomic E-state index is 0.0216. The lowest BCUT2D eigenvalue weighted by molar-refractivity contribution is -0.128. The third kappa shape index (κ3) is 3.16. The Morgan fingerprint density at radius 3 is 2.68 bits per heavy atom. The largest absolute Gasteiger partial charge is 0.382 e. The van der Waals surface area contributed by atoms with Crippen molar-refractivity contribution in [2.45, 2.75) is 17.7 Å². The number of carbonyl (C=O) groups is 1. The number of anilines is 2. The predicted molar refractivity (Wildman–Crippen MR) is 73.9 cm³/mol. The van der Waals surface area contributed by atoms with Crippen LogP contribution in [-0.4, -0.2) is 49.5 Å². The number of sulfone groups is 1. The number of hydrogen-bond donors (Lipinski definition) is 2. The number of nitrogen functional groups attached to an aromatic ring is 1. The van der Waals surface area contributed by atoms with E-state index in [1.54, 1.807) is 4.90 Å². The highest BCUT2D eigenvalue weighted by Gasteiger charge is 2.23. The monoisotopic (exact) mass is 304 g/mol. The third-order valence-corrected chi connectivity index (χ3v) is 5.01. The van der Waals surface area contributed by atoms with Crippen molar-refractivity contribution in [3.05, 3.63) is 0 Å². The highest BCUT2D eigenvalue weighted by Crippen LogP contribution is 2.31. The van der Waals surface area contributed by atoms with E-state index in [9.17, 15) is 13.2 Å². The molecule has 106 valence electrons. The molecule has 19 heavy (non-hydrogen) atoms. The van der Waals surface area contributed by atoms with Gasteiger partial charge in [-0.1, -0.05) is 0 Å². The zero-order valence-corrected chi connectivity index (χ0v) is 12.2. The zero-order valence-electron chi connectivity index (χ0n) is 10.5. The first-order chi connectivity index (χ1) is 8.89. The van der Waals surface area contributed by atoms with Crippen LogP contribution in [0.1, 0.15) is 12.8 Å². The Bertz CT molecular complexity index is 576. The van der Waals surface area contributed by atoms with Gasteiger partial charge in [-0.25, -0.2) is 8.42 Å². The molecule has 3 N–H and O–H groups in total. The molecule has 1 amide bonds. The predicted octanol–water partition coefficient (Wildman–Crippen LogP) is 0.163. The molecular formula is C10H16N4O3S2. The second kappa shape index (κ2) is 5.33. The molecule has 1 fully saturated rings. The molecule has 0 spiro atoms. The second-order valence-corrected chi connectivity index (χ2v) is 7.17. The second-order valence-electron chi connectivity index (χ2n) is 4.44. The quantitative estimate of drug-likeness (QED) is 0.821. The average molecular weight is 304 g/mol. The molecule has 0 bridgehead atoms. The molecule has 1 aromatic rings. The van der Waals surface area contributed by atoms with E-state index >= 15 is 0 Å². The summed E-state index contributed by atoms with van der Waals surface area (Å²) in [5.74, 6) is -0.0625. The molecule has 0 saturated carbocycles. The van der Waals surface area contributed by atoms with E-state index in [1.807, 2.05) is 0 Å². The molecule has 1 aromatic heterocycles. The molecule has 0 unspecified atom stereocenters. The topological polar surface area (TPSA) is 105 Å². The number of nitrogens with one attached hydrogen (secondary N) is 1. The number of aromatic nitrogens is 1. The summed E-state index contributed by atoms with van der Waals surface area (Å²) in [7, 11) is -3.45. The first-order valence-corrected chi connectivity index (χ1v) is 8.53. The fourth-order valence-corrected chi connectivity index (χ4v) is 4.06. The van der Waals surface area contributed by atoms with Gasteiger partial charge in [0.2, 0.25) is 5.91 Å². The molecule has 0 radical (unpaired) electrons. The van der Waals surface area contributed by atoms with Gasteiger partial charge in [0.25, 0.3) is 0 Å². The minimum atomic E-state index is -3.45. The Hall–Kier alpha value is -1.35. The van der Waals surface area contributed by atoms with Crippen molar-refractivity contribution in [1.29, 1.82) is 0 Å². The third-order valence-electron chi connectivity index (χ3n) is 2.90. The summed E-state index contributed by atoms with van der Waals surface area (Å²) in [4.78, 5) is 13.6. The molecule has 7 nitrogen and oxygen atoms in total. The van der Waals surface area contributed by atoms with E-state index in [0.29, 0.717) is 5.00 Å². The van der Waals surface area contributed by atoms with Crippen molar-refractivity contribution in [3.8, 4) is 0 Å². The van der Waals surface area contributed by atoms with Gasteiger partial charge in [-0.05, 0) is 24.4 Å². The van der Waals surface area contributed by atoms with Crippen LogP contribution in [0.3, 0.4) is 0 Å². The van der Waals surface area contributed by atoms with E-state index in [0.717, 1.165) is 43.7 Å². The van der Waals surface area contributed by atoms with Crippen molar-refractivity contribution in [1.82, 2.24) is 9.27 Å². The van der Waals surface area contributed by atoms with Crippen molar-refractivity contribution in [2.75, 3.05) is 36.9 Å². The number of amides is 1. The Morgan fingerprint density at radius 1 is 1.47 bits per heavy atom. The van der Waals surface area contributed by atoms with E-state index in [-0.39, 0.29) is 23.2 Å². The van der Waals surface area contributed by atoms with E-state index in [2.05, 4.69) is 9.69 Å². The summed E-state index contributed by atoms with van der Waals surface area (Å²) < 4.78 is 27.0. The lowest BCUT2D eigenvalue weighted by Crippen LogP contribution is -2.33. The van der Waals surface area contributed by atoms with E-state index < -0.39 is 9.84 Å². The molecule has 1 saturated heterocycles. The fraction of sp³-hybridized carbons (Fsp3) is 0.600. The molecule has 0 aromatic carbocycles. The smallest absolute Gasteiger partial charge is 0.241 e. The number of likely N-dealkylation sites (tertiary alicyclic amines) is 1. The molecule has 2 heterocycles. The van der Waals surface area contributed by atoms with Crippen LogP contribution in [0.25, 0.3) is 0 Å². The van der Waals surface area contributed by atoms with Gasteiger partial charge in [-0.2, -0.15) is 4.37 Å². The van der Waals surface area contributed by atoms with Gasteiger partial charge in [-0.3, -0.25) is 4.79 Å². The summed E-state index contributed by atoms with van der Waals surface area (Å²) in [6.07, 6.45) is 3.11. The standard InChI is InChI=1S/C10H16N4O3S2/c1-19(16,17)8-9(11)13-18-10(8)12-6-7(15)14-4-2-3-5-14/h12H,2-6H2,1H3,(H2,11,13). The van der Waals surface area contributed by atoms with Crippen LogP contribution in [0.5, 0.6) is 0 Å². The van der Waals surface area contributed by atoms with Gasteiger partial charge in [0, 0.05) is 19.3 Å². The average Bonchev–Trinajstić information content (AvgIpc) is 2.93. The van der Waals surface area contributed by atoms with Gasteiger partial charge >= 0.3 is 0 Å². The molecule has 1 aliphatic rings. The Balaban J connectivity index is 2.06. The van der Waals surface area contributed by atoms with Crippen LogP contribution in [0.15, 0.2) is 4.90 Å². The lowest BCUT2D eigenvalue weighted by Gasteiger charge is -2.15. The summed E-state index contributed by atoms with van der Waals surface area (Å²) in [6.45, 7) is 1.60. The summed E-state index contributed by atoms with van der Waals surface area (Å²) >= 11 is 0.952. The number of rotatable bonds is 4. The summed E-state index contributed by atoms with van der Waals surface area (Å²) in [6, 6.07) is 0. The van der Waals surface area contributed by atoms with Gasteiger partial charge in [0.15, 0.2) is 15.7 Å². The highest BCUT2D eigenvalue weighted by atomic mass is 32.2. The maximum Gasteiger partial charge on any atom is 0.241 e. The van der Waals surface area contributed by atoms with Crippen molar-refractivity contribution in [3.63, 3.8) is 0 Å². The molecular weight excluding hydrogens is 288 g/mol. The maximum absolute atomic E-state index is 11.9. The maximum atomic E-state index is 11.9. The number of nitrogens with zero attached hydrogens (tertiary/aromatic N) is 2. The summed E-state index contributed by atoms with van der Waals surface area (Å²) in [5.41, 5.74) is 5.54. The number of carbonyl (C=O) groups excluding carboxylic acids is 1. The van der Waals surface area contributed by atoms with E-state index in [1.165, 1.54) is 0 Å². The molecule has 1 aliphatic heterocycles. The first kappa shape index (κ1) is 14.1. The van der Waals surface area contributed by atoms with Crippen LogP contribution in [0.4, 0.5) is 10.8 Å². The van der Waals surface area contributed by atoms with Crippen molar-refractivity contribution >= 4 is 38.1 Å². The molecule has 2 rings (SSSR count). The van der Waals surface area contributed by atoms with Crippen LogP contribution < -0.4 is 11.1 Å².